The predicted octanol–water partition coefficient (Wildman–Crippen LogP) is 3.80. The van der Waals surface area contributed by atoms with Crippen molar-refractivity contribution in [1.82, 2.24) is 4.57 Å². The second kappa shape index (κ2) is 8.78. The van der Waals surface area contributed by atoms with Crippen LogP contribution < -0.4 is 21.0 Å². The summed E-state index contributed by atoms with van der Waals surface area (Å²) in [4.78, 5) is 39.2. The molecule has 0 radical (unpaired) electrons. The highest BCUT2D eigenvalue weighted by Gasteiger charge is 2.12. The number of ether oxygens (including phenoxy) is 1. The molecule has 0 saturated carbocycles. The molecule has 6 heteroatoms. The van der Waals surface area contributed by atoms with E-state index < -0.39 is 0 Å². The number of amides is 1. The first-order valence-electron chi connectivity index (χ1n) is 9.98. The zero-order valence-corrected chi connectivity index (χ0v) is 17.6. The van der Waals surface area contributed by atoms with E-state index in [-0.39, 0.29) is 23.4 Å². The van der Waals surface area contributed by atoms with Gasteiger partial charge < -0.3 is 10.1 Å². The van der Waals surface area contributed by atoms with Gasteiger partial charge in [-0.1, -0.05) is 24.1 Å². The number of nitrogens with zero attached hydrogens (tertiary/aromatic N) is 1. The van der Waals surface area contributed by atoms with Crippen molar-refractivity contribution in [2.45, 2.75) is 13.5 Å². The minimum Gasteiger partial charge on any atom is -0.497 e. The van der Waals surface area contributed by atoms with E-state index in [1.807, 2.05) is 0 Å². The number of benzene rings is 3. The molecule has 0 aliphatic heterocycles. The average Bonchev–Trinajstić information content (AvgIpc) is 2.91. The molecule has 32 heavy (non-hydrogen) atoms. The fourth-order valence-corrected chi connectivity index (χ4v) is 3.56. The summed E-state index contributed by atoms with van der Waals surface area (Å²) in [5.74, 6) is 6.02. The van der Waals surface area contributed by atoms with Gasteiger partial charge in [-0.3, -0.25) is 19.0 Å². The van der Waals surface area contributed by atoms with Crippen LogP contribution in [0.5, 0.6) is 5.75 Å². The van der Waals surface area contributed by atoms with Gasteiger partial charge in [-0.2, -0.15) is 0 Å². The van der Waals surface area contributed by atoms with E-state index in [4.69, 9.17) is 4.74 Å². The lowest BCUT2D eigenvalue weighted by Crippen LogP contribution is -2.18. The largest absolute Gasteiger partial charge is 0.497 e. The lowest BCUT2D eigenvalue weighted by Gasteiger charge is -2.08. The Morgan fingerprint density at radius 2 is 1.69 bits per heavy atom. The zero-order valence-electron chi connectivity index (χ0n) is 17.6. The van der Waals surface area contributed by atoms with Crippen LogP contribution in [0.15, 0.2) is 76.3 Å². The minimum absolute atomic E-state index is 0.154. The van der Waals surface area contributed by atoms with Crippen molar-refractivity contribution >= 4 is 33.3 Å². The fraction of sp³-hybridized carbons (Fsp3) is 0.115. The van der Waals surface area contributed by atoms with Crippen LogP contribution in [0.2, 0.25) is 0 Å². The second-order valence-corrected chi connectivity index (χ2v) is 7.11. The van der Waals surface area contributed by atoms with Crippen LogP contribution >= 0.6 is 0 Å². The van der Waals surface area contributed by atoms with Crippen LogP contribution in [0.4, 0.5) is 5.69 Å². The van der Waals surface area contributed by atoms with Gasteiger partial charge >= 0.3 is 0 Å². The van der Waals surface area contributed by atoms with E-state index in [9.17, 15) is 14.4 Å². The van der Waals surface area contributed by atoms with E-state index in [1.165, 1.54) is 4.57 Å². The molecular weight excluding hydrogens is 404 g/mol. The van der Waals surface area contributed by atoms with Gasteiger partial charge in [-0.05, 0) is 55.5 Å². The number of rotatable bonds is 4. The molecule has 6 nitrogen and oxygen atoms in total. The summed E-state index contributed by atoms with van der Waals surface area (Å²) >= 11 is 0. The number of methoxy groups -OCH3 is 1. The molecule has 1 N–H and O–H groups in total. The number of hydrogen-bond acceptors (Lipinski definition) is 4. The fourth-order valence-electron chi connectivity index (χ4n) is 3.56. The average molecular weight is 424 g/mol. The quantitative estimate of drug-likeness (QED) is 0.506. The van der Waals surface area contributed by atoms with Crippen molar-refractivity contribution in [2.24, 2.45) is 0 Å². The topological polar surface area (TPSA) is 77.4 Å². The number of aromatic nitrogens is 1. The lowest BCUT2D eigenvalue weighted by atomic mass is 10.1. The van der Waals surface area contributed by atoms with Crippen molar-refractivity contribution in [1.29, 1.82) is 0 Å². The van der Waals surface area contributed by atoms with Crippen LogP contribution in [0.3, 0.4) is 0 Å². The monoisotopic (exact) mass is 424 g/mol. The van der Waals surface area contributed by atoms with Crippen molar-refractivity contribution in [3.63, 3.8) is 0 Å². The molecule has 0 aliphatic rings. The predicted molar refractivity (Wildman–Crippen MR) is 126 cm³/mol. The summed E-state index contributed by atoms with van der Waals surface area (Å²) < 4.78 is 6.61. The van der Waals surface area contributed by atoms with Gasteiger partial charge in [0.2, 0.25) is 0 Å². The summed E-state index contributed by atoms with van der Waals surface area (Å²) in [5, 5.41) is 3.80. The van der Waals surface area contributed by atoms with Crippen LogP contribution in [-0.4, -0.2) is 17.6 Å². The number of nitrogens with one attached hydrogen (secondary N) is 1. The summed E-state index contributed by atoms with van der Waals surface area (Å²) in [5.41, 5.74) is 0.794. The zero-order chi connectivity index (χ0) is 22.7. The maximum Gasteiger partial charge on any atom is 0.259 e. The van der Waals surface area contributed by atoms with Gasteiger partial charge in [-0.25, -0.2) is 0 Å². The molecular formula is C26H20N2O4. The summed E-state index contributed by atoms with van der Waals surface area (Å²) in [7, 11) is 1.56. The smallest absolute Gasteiger partial charge is 0.259 e. The van der Waals surface area contributed by atoms with Gasteiger partial charge in [0.25, 0.3) is 11.5 Å². The van der Waals surface area contributed by atoms with Crippen molar-refractivity contribution < 1.29 is 9.53 Å². The molecule has 0 aliphatic carbocycles. The van der Waals surface area contributed by atoms with Gasteiger partial charge in [-0.15, -0.1) is 5.92 Å². The molecule has 0 saturated heterocycles. The highest BCUT2D eigenvalue weighted by atomic mass is 16.5. The SMILES string of the molecule is CC#CCn1c(=O)c2ccccc2c(=O)c2cc(NC(=O)c3ccc(OC)cc3)ccc21. The highest BCUT2D eigenvalue weighted by molar-refractivity contribution is 6.05. The molecule has 4 aromatic rings. The molecule has 1 aromatic heterocycles. The first-order chi connectivity index (χ1) is 15.5. The molecule has 0 bridgehead atoms. The molecule has 1 amide bonds. The summed E-state index contributed by atoms with van der Waals surface area (Å²) in [6.45, 7) is 1.85. The van der Waals surface area contributed by atoms with Gasteiger partial charge in [0.05, 0.1) is 24.6 Å². The minimum atomic E-state index is -0.321. The van der Waals surface area contributed by atoms with Crippen LogP contribution in [0, 0.1) is 11.8 Å². The van der Waals surface area contributed by atoms with E-state index in [2.05, 4.69) is 17.2 Å². The molecule has 4 rings (SSSR count). The number of carbonyl (C=O) groups is 1. The Hall–Kier alpha value is -4.37. The van der Waals surface area contributed by atoms with Crippen LogP contribution in [0.1, 0.15) is 17.3 Å². The first kappa shape index (κ1) is 20.9. The standard InChI is InChI=1S/C26H20N2O4/c1-3-4-15-28-23-14-11-18(27-25(30)17-9-12-19(32-2)13-10-17)16-22(23)24(29)20-7-5-6-8-21(20)26(28)31/h5-14,16H,15H2,1-2H3,(H,27,30). The Morgan fingerprint density at radius 3 is 2.38 bits per heavy atom. The van der Waals surface area contributed by atoms with Crippen molar-refractivity contribution in [2.75, 3.05) is 12.4 Å². The summed E-state index contributed by atoms with van der Waals surface area (Å²) in [6, 6.07) is 18.4. The first-order valence-corrected chi connectivity index (χ1v) is 9.98. The molecule has 0 fully saturated rings. The molecule has 158 valence electrons. The Balaban J connectivity index is 1.88. The normalized spacial score (nSPS) is 10.4. The van der Waals surface area contributed by atoms with Gasteiger partial charge in [0, 0.05) is 22.0 Å². The van der Waals surface area contributed by atoms with E-state index in [0.29, 0.717) is 38.7 Å². The third-order valence-electron chi connectivity index (χ3n) is 5.20. The number of carbonyl (C=O) groups excluding carboxylic acids is 1. The second-order valence-electron chi connectivity index (χ2n) is 7.11. The third-order valence-corrected chi connectivity index (χ3v) is 5.20. The Morgan fingerprint density at radius 1 is 0.969 bits per heavy atom. The maximum absolute atomic E-state index is 13.3. The summed E-state index contributed by atoms with van der Waals surface area (Å²) in [6.07, 6.45) is 0. The maximum atomic E-state index is 13.3. The van der Waals surface area contributed by atoms with E-state index in [0.717, 1.165) is 0 Å². The Kier molecular flexibility index (Phi) is 5.73. The van der Waals surface area contributed by atoms with Crippen molar-refractivity contribution in [3.8, 4) is 17.6 Å². The third kappa shape index (κ3) is 3.84. The Labute approximate surface area is 184 Å². The molecule has 0 spiro atoms. The highest BCUT2D eigenvalue weighted by Crippen LogP contribution is 2.19. The molecule has 3 aromatic carbocycles. The van der Waals surface area contributed by atoms with Crippen LogP contribution in [0.25, 0.3) is 21.7 Å². The number of anilines is 1. The lowest BCUT2D eigenvalue weighted by molar-refractivity contribution is 0.102. The molecule has 0 atom stereocenters. The van der Waals surface area contributed by atoms with E-state index in [1.54, 1.807) is 80.8 Å². The number of hydrogen-bond donors (Lipinski definition) is 1. The molecule has 1 heterocycles. The van der Waals surface area contributed by atoms with Crippen LogP contribution in [-0.2, 0) is 6.54 Å². The van der Waals surface area contributed by atoms with E-state index >= 15 is 0 Å². The van der Waals surface area contributed by atoms with Crippen molar-refractivity contribution in [3.05, 3.63) is 92.9 Å². The number of fused-ring (bicyclic) bond motifs is 2. The van der Waals surface area contributed by atoms with Gasteiger partial charge in [0.1, 0.15) is 5.75 Å². The Bertz CT molecular complexity index is 1520. The molecule has 0 unspecified atom stereocenters. The van der Waals surface area contributed by atoms with Gasteiger partial charge in [0.15, 0.2) is 5.43 Å².